The third-order valence-electron chi connectivity index (χ3n) is 9.83. The minimum atomic E-state index is 1.10. The van der Waals surface area contributed by atoms with Crippen LogP contribution in [0.5, 0.6) is 0 Å². The van der Waals surface area contributed by atoms with Crippen LogP contribution in [0, 0.1) is 0 Å². The lowest BCUT2D eigenvalue weighted by molar-refractivity contribution is 1.11. The van der Waals surface area contributed by atoms with E-state index in [2.05, 4.69) is 217 Å². The van der Waals surface area contributed by atoms with E-state index in [0.29, 0.717) is 0 Å². The maximum Gasteiger partial charge on any atom is 0.0783 e. The highest BCUT2D eigenvalue weighted by Gasteiger charge is 2.30. The lowest BCUT2D eigenvalue weighted by Gasteiger charge is -2.34. The van der Waals surface area contributed by atoms with E-state index in [0.717, 1.165) is 28.3 Å². The molecule has 242 valence electrons. The molecule has 1 aliphatic rings. The van der Waals surface area contributed by atoms with Gasteiger partial charge in [-0.25, -0.2) is 0 Å². The molecule has 0 unspecified atom stereocenters. The molecule has 0 atom stereocenters. The summed E-state index contributed by atoms with van der Waals surface area (Å²) in [6, 6.07) is 63.3. The van der Waals surface area contributed by atoms with Crippen molar-refractivity contribution in [2.75, 3.05) is 4.90 Å². The molecule has 2 nitrogen and oxygen atoms in total. The fourth-order valence-corrected chi connectivity index (χ4v) is 7.44. The Labute approximate surface area is 299 Å². The third-order valence-corrected chi connectivity index (χ3v) is 9.83. The van der Waals surface area contributed by atoms with Gasteiger partial charge in [-0.05, 0) is 94.4 Å². The Balaban J connectivity index is 1.37. The minimum Gasteiger partial charge on any atom is -0.306 e. The minimum absolute atomic E-state index is 1.10. The highest BCUT2D eigenvalue weighted by Crippen LogP contribution is 2.49. The number of benzene rings is 7. The van der Waals surface area contributed by atoms with Crippen molar-refractivity contribution in [3.05, 3.63) is 205 Å². The quantitative estimate of drug-likeness (QED) is 0.166. The average Bonchev–Trinajstić information content (AvgIpc) is 3.53. The third kappa shape index (κ3) is 5.48. The van der Waals surface area contributed by atoms with Gasteiger partial charge in [0.1, 0.15) is 0 Å². The van der Waals surface area contributed by atoms with Crippen LogP contribution in [0.25, 0.3) is 67.0 Å². The first kappa shape index (κ1) is 30.4. The summed E-state index contributed by atoms with van der Waals surface area (Å²) < 4.78 is 2.48. The Morgan fingerprint density at radius 1 is 0.412 bits per heavy atom. The second-order valence-electron chi connectivity index (χ2n) is 13.0. The molecular formula is C49H36N2. The van der Waals surface area contributed by atoms with Crippen molar-refractivity contribution in [3.63, 3.8) is 0 Å². The molecule has 0 spiro atoms. The van der Waals surface area contributed by atoms with E-state index >= 15 is 0 Å². The van der Waals surface area contributed by atoms with Gasteiger partial charge in [-0.1, -0.05) is 152 Å². The monoisotopic (exact) mass is 652 g/mol. The zero-order valence-electron chi connectivity index (χ0n) is 28.4. The second kappa shape index (κ2) is 13.0. The van der Waals surface area contributed by atoms with Crippen LogP contribution >= 0.6 is 0 Å². The van der Waals surface area contributed by atoms with Gasteiger partial charge in [-0.15, -0.1) is 0 Å². The van der Waals surface area contributed by atoms with Crippen LogP contribution in [0.1, 0.15) is 12.5 Å². The van der Waals surface area contributed by atoms with Crippen molar-refractivity contribution in [2.45, 2.75) is 6.92 Å². The predicted octanol–water partition coefficient (Wildman–Crippen LogP) is 13.4. The SMILES string of the molecule is C/C=C\C1=C(/C=C/c2ccccc2)N(c2ccc(-c3ccccc3)cc2)c2cc(-c3ccccc3)cc3c4cc(-c5ccccc5)ccc4n1c23. The molecule has 8 aromatic rings. The molecule has 0 saturated carbocycles. The lowest BCUT2D eigenvalue weighted by Crippen LogP contribution is -2.23. The number of aromatic nitrogens is 1. The van der Waals surface area contributed by atoms with E-state index in [4.69, 9.17) is 0 Å². The zero-order valence-corrected chi connectivity index (χ0v) is 28.4. The van der Waals surface area contributed by atoms with Crippen molar-refractivity contribution >= 4 is 45.0 Å². The van der Waals surface area contributed by atoms with E-state index in [9.17, 15) is 0 Å². The molecule has 2 heteroatoms. The standard InChI is InChI=1S/C49H36N2/c1-2-15-46-47(30-24-35-16-7-3-8-17-35)50(42-28-25-39(26-29-42)36-18-9-4-10-19-36)48-34-41(38-22-13-6-14-23-38)33-44-43-32-40(37-20-11-5-12-21-37)27-31-45(43)51(46)49(44)48/h2-34H,1H3/b15-2-,30-24+. The number of hydrogen-bond donors (Lipinski definition) is 0. The van der Waals surface area contributed by atoms with Crippen LogP contribution < -0.4 is 4.90 Å². The van der Waals surface area contributed by atoms with Gasteiger partial charge in [-0.3, -0.25) is 0 Å². The largest absolute Gasteiger partial charge is 0.306 e. The number of anilines is 2. The van der Waals surface area contributed by atoms with Gasteiger partial charge in [0.25, 0.3) is 0 Å². The summed E-state index contributed by atoms with van der Waals surface area (Å²) in [6.07, 6.45) is 8.92. The fourth-order valence-electron chi connectivity index (χ4n) is 7.44. The highest BCUT2D eigenvalue weighted by atomic mass is 15.2. The van der Waals surface area contributed by atoms with Crippen LogP contribution in [0.15, 0.2) is 200 Å². The molecule has 1 aliphatic heterocycles. The summed E-state index contributed by atoms with van der Waals surface area (Å²) in [5.41, 5.74) is 15.2. The molecule has 2 heterocycles. The molecule has 9 rings (SSSR count). The summed E-state index contributed by atoms with van der Waals surface area (Å²) in [6.45, 7) is 2.11. The predicted molar refractivity (Wildman–Crippen MR) is 218 cm³/mol. The summed E-state index contributed by atoms with van der Waals surface area (Å²) in [7, 11) is 0. The summed E-state index contributed by atoms with van der Waals surface area (Å²) >= 11 is 0. The van der Waals surface area contributed by atoms with Crippen molar-refractivity contribution in [3.8, 4) is 33.4 Å². The molecule has 7 aromatic carbocycles. The highest BCUT2D eigenvalue weighted by molar-refractivity contribution is 6.19. The normalized spacial score (nSPS) is 12.9. The molecule has 0 N–H and O–H groups in total. The molecule has 1 aromatic heterocycles. The van der Waals surface area contributed by atoms with Crippen LogP contribution in [-0.2, 0) is 0 Å². The Morgan fingerprint density at radius 2 is 0.941 bits per heavy atom. The average molecular weight is 653 g/mol. The van der Waals surface area contributed by atoms with Crippen LogP contribution in [0.3, 0.4) is 0 Å². The lowest BCUT2D eigenvalue weighted by atomic mass is 9.98. The maximum absolute atomic E-state index is 2.48. The zero-order chi connectivity index (χ0) is 34.1. The maximum atomic E-state index is 2.48. The van der Waals surface area contributed by atoms with Gasteiger partial charge < -0.3 is 9.47 Å². The number of rotatable bonds is 7. The van der Waals surface area contributed by atoms with Gasteiger partial charge in [0.2, 0.25) is 0 Å². The van der Waals surface area contributed by atoms with Crippen LogP contribution in [0.4, 0.5) is 11.4 Å². The number of allylic oxidation sites excluding steroid dienone is 4. The molecule has 0 saturated heterocycles. The fraction of sp³-hybridized carbons (Fsp3) is 0.0204. The van der Waals surface area contributed by atoms with Gasteiger partial charge >= 0.3 is 0 Å². The van der Waals surface area contributed by atoms with Crippen molar-refractivity contribution in [1.82, 2.24) is 4.57 Å². The van der Waals surface area contributed by atoms with Crippen molar-refractivity contribution in [1.29, 1.82) is 0 Å². The number of hydrogen-bond acceptors (Lipinski definition) is 1. The molecule has 0 fully saturated rings. The van der Waals surface area contributed by atoms with E-state index in [1.54, 1.807) is 0 Å². The van der Waals surface area contributed by atoms with E-state index in [1.807, 2.05) is 0 Å². The Bertz CT molecular complexity index is 2590. The molecule has 0 radical (unpaired) electrons. The Kier molecular flexibility index (Phi) is 7.75. The van der Waals surface area contributed by atoms with Crippen LogP contribution in [-0.4, -0.2) is 4.57 Å². The smallest absolute Gasteiger partial charge is 0.0783 e. The van der Waals surface area contributed by atoms with Crippen molar-refractivity contribution < 1.29 is 0 Å². The second-order valence-corrected chi connectivity index (χ2v) is 13.0. The summed E-state index contributed by atoms with van der Waals surface area (Å²) in [4.78, 5) is 2.45. The molecule has 0 amide bonds. The Morgan fingerprint density at radius 3 is 1.57 bits per heavy atom. The van der Waals surface area contributed by atoms with Crippen LogP contribution in [0.2, 0.25) is 0 Å². The molecular weight excluding hydrogens is 617 g/mol. The summed E-state index contributed by atoms with van der Waals surface area (Å²) in [5, 5.41) is 2.47. The van der Waals surface area contributed by atoms with Gasteiger partial charge in [0.15, 0.2) is 0 Å². The first-order chi connectivity index (χ1) is 25.3. The van der Waals surface area contributed by atoms with E-state index in [1.165, 1.54) is 55.2 Å². The Hall–Kier alpha value is -6.64. The first-order valence-electron chi connectivity index (χ1n) is 17.6. The topological polar surface area (TPSA) is 8.17 Å². The molecule has 0 bridgehead atoms. The molecule has 0 aliphatic carbocycles. The van der Waals surface area contributed by atoms with E-state index < -0.39 is 0 Å². The van der Waals surface area contributed by atoms with Crippen molar-refractivity contribution in [2.24, 2.45) is 0 Å². The van der Waals surface area contributed by atoms with Gasteiger partial charge in [0, 0.05) is 16.5 Å². The van der Waals surface area contributed by atoms with Gasteiger partial charge in [-0.2, -0.15) is 0 Å². The first-order valence-corrected chi connectivity index (χ1v) is 17.6. The van der Waals surface area contributed by atoms with E-state index in [-0.39, 0.29) is 0 Å². The number of nitrogens with zero attached hydrogens (tertiary/aromatic N) is 2. The molecule has 51 heavy (non-hydrogen) atoms. The van der Waals surface area contributed by atoms with Gasteiger partial charge in [0.05, 0.1) is 28.1 Å². The summed E-state index contributed by atoms with van der Waals surface area (Å²) in [5.74, 6) is 0. The number of fused-ring (bicyclic) bond motifs is 3.